The first-order chi connectivity index (χ1) is 63.9. The first-order valence-electron chi connectivity index (χ1n) is 45.4. The van der Waals surface area contributed by atoms with E-state index < -0.39 is 0 Å². The lowest BCUT2D eigenvalue weighted by Crippen LogP contribution is -2.17. The summed E-state index contributed by atoms with van der Waals surface area (Å²) in [5.74, 6) is 0.0511. The minimum absolute atomic E-state index is 0.0511. The topological polar surface area (TPSA) is 13.0 Å². The molecule has 0 fully saturated rings. The third-order valence-electron chi connectivity index (χ3n) is 27.1. The number of hydrogen-bond donors (Lipinski definition) is 0. The Kier molecular flexibility index (Phi) is 20.8. The lowest BCUT2D eigenvalue weighted by Gasteiger charge is -2.30. The van der Waals surface area contributed by atoms with Gasteiger partial charge in [-0.05, 0) is 291 Å². The number of nitrogens with zero attached hydrogens (tertiary/aromatic N) is 4. The van der Waals surface area contributed by atoms with Crippen LogP contribution in [0.2, 0.25) is 0 Å². The van der Waals surface area contributed by atoms with Gasteiger partial charge in [-0.1, -0.05) is 373 Å². The van der Waals surface area contributed by atoms with Crippen molar-refractivity contribution < 1.29 is 0 Å². The van der Waals surface area contributed by atoms with Crippen LogP contribution in [0.5, 0.6) is 0 Å². The van der Waals surface area contributed by atoms with E-state index in [4.69, 9.17) is 0 Å². The number of allylic oxidation sites excluding steroid dienone is 3. The Balaban J connectivity index is 0.631. The Labute approximate surface area is 763 Å². The highest BCUT2D eigenvalue weighted by molar-refractivity contribution is 5.93. The molecule has 620 valence electrons. The zero-order chi connectivity index (χ0) is 87.2. The van der Waals surface area contributed by atoms with Crippen molar-refractivity contribution in [3.63, 3.8) is 0 Å². The average molecular weight is 1670 g/mol. The van der Waals surface area contributed by atoms with Gasteiger partial charge in [0.2, 0.25) is 0 Å². The molecule has 19 aromatic carbocycles. The number of para-hydroxylation sites is 1. The molecule has 3 aliphatic rings. The van der Waals surface area contributed by atoms with Gasteiger partial charge in [-0.15, -0.1) is 0 Å². The predicted molar refractivity (Wildman–Crippen MR) is 549 cm³/mol. The first kappa shape index (κ1) is 79.7. The molecular weight excluding hydrogens is 1570 g/mol. The van der Waals surface area contributed by atoms with Crippen molar-refractivity contribution in [1.82, 2.24) is 0 Å². The SMILES string of the molecule is CC1(C)c2ccccc2-c2ccc(N(c3ccccc3)c3ccc(-c4ccccc4-c4ccc(N(c5cccc(-c6ccc(C7C=CC(N(c8ccc(-c9ccccc9)cc8)c8ccc(-c9ccccc9)cc8)=CC7)c(-c7ccc(N(c8ccc(-c9ccccc9)cc8)c8ccc(-c9ccccc9)cc8)cc7)c6)c5)c5ccc6c(c5)C(C)(C)c5ccccc5-6)cc4)cc3)cc21. The van der Waals surface area contributed by atoms with Crippen LogP contribution >= 0.6 is 0 Å². The molecule has 0 spiro atoms. The molecule has 0 aromatic heterocycles. The van der Waals surface area contributed by atoms with Gasteiger partial charge in [-0.2, -0.15) is 0 Å². The number of benzene rings is 19. The highest BCUT2D eigenvalue weighted by Crippen LogP contribution is 2.54. The van der Waals surface area contributed by atoms with Gasteiger partial charge in [0.1, 0.15) is 0 Å². The normalized spacial score (nSPS) is 13.6. The highest BCUT2D eigenvalue weighted by Gasteiger charge is 2.38. The van der Waals surface area contributed by atoms with Gasteiger partial charge in [0, 0.05) is 85.0 Å². The Bertz CT molecular complexity index is 7240. The van der Waals surface area contributed by atoms with Crippen molar-refractivity contribution >= 4 is 62.6 Å². The molecule has 0 N–H and O–H groups in total. The summed E-state index contributed by atoms with van der Waals surface area (Å²) >= 11 is 0. The molecule has 0 bridgehead atoms. The summed E-state index contributed by atoms with van der Waals surface area (Å²) < 4.78 is 0. The fourth-order valence-electron chi connectivity index (χ4n) is 20.3. The largest absolute Gasteiger partial charge is 0.311 e. The summed E-state index contributed by atoms with van der Waals surface area (Å²) in [6, 6.07) is 175. The second kappa shape index (κ2) is 34.0. The molecule has 1 atom stereocenters. The van der Waals surface area contributed by atoms with Crippen LogP contribution in [0, 0.1) is 0 Å². The van der Waals surface area contributed by atoms with E-state index in [1.165, 1.54) is 111 Å². The van der Waals surface area contributed by atoms with Gasteiger partial charge in [0.05, 0.1) is 0 Å². The van der Waals surface area contributed by atoms with Crippen LogP contribution in [-0.2, 0) is 10.8 Å². The molecule has 0 heterocycles. The van der Waals surface area contributed by atoms with Gasteiger partial charge < -0.3 is 19.6 Å². The van der Waals surface area contributed by atoms with Gasteiger partial charge in [0.25, 0.3) is 0 Å². The fourth-order valence-corrected chi connectivity index (χ4v) is 20.3. The lowest BCUT2D eigenvalue weighted by molar-refractivity contribution is 0.660. The molecule has 3 aliphatic carbocycles. The summed E-state index contributed by atoms with van der Waals surface area (Å²) in [6.45, 7) is 9.48. The second-order valence-corrected chi connectivity index (χ2v) is 35.5. The predicted octanol–water partition coefficient (Wildman–Crippen LogP) is 34.8. The van der Waals surface area contributed by atoms with Gasteiger partial charge >= 0.3 is 0 Å². The van der Waals surface area contributed by atoms with Crippen LogP contribution in [0.25, 0.3) is 111 Å². The molecule has 4 nitrogen and oxygen atoms in total. The molecule has 0 saturated carbocycles. The molecule has 22 rings (SSSR count). The monoisotopic (exact) mass is 1660 g/mol. The first-order valence-corrected chi connectivity index (χ1v) is 45.4. The van der Waals surface area contributed by atoms with Gasteiger partial charge in [0.15, 0.2) is 0 Å². The van der Waals surface area contributed by atoms with E-state index in [9.17, 15) is 0 Å². The standard InChI is InChI=1S/C126H96N4/c1-125(2)121-43-24-22-41-116(121)118-81-78-111(85-123(118)125)129(101-36-18-9-19-37-101)108-72-53-95(54-73-108)113-39-20-21-40-114(113)96-55-74-109(75-56-96)130(112-79-82-119-117-42-23-25-44-122(117)126(3,4)124(119)86-112)110-38-26-35-99(83-110)100-61-80-115(97-57-70-106(71-58-97)127(102-62-45-91(46-63-102)87-27-10-5-11-28-87)103-64-47-92(48-65-103)88-29-12-6-13-30-88)120(84-100)98-59-76-107(77-60-98)128(104-66-49-93(50-67-104)89-31-14-7-15-32-89)105-68-51-94(52-69-105)90-33-16-8-17-34-90/h5-57,59-86,97H,58H2,1-4H3. The number of fused-ring (bicyclic) bond motifs is 6. The fraction of sp³-hybridized carbons (Fsp3) is 0.0635. The summed E-state index contributed by atoms with van der Waals surface area (Å²) in [7, 11) is 0. The van der Waals surface area contributed by atoms with Crippen molar-refractivity contribution in [3.05, 3.63) is 525 Å². The minimum Gasteiger partial charge on any atom is -0.311 e. The molecule has 1 unspecified atom stereocenters. The van der Waals surface area contributed by atoms with Crippen LogP contribution < -0.4 is 19.6 Å². The van der Waals surface area contributed by atoms with Crippen LogP contribution in [0.4, 0.5) is 62.6 Å². The van der Waals surface area contributed by atoms with Crippen LogP contribution in [0.15, 0.2) is 497 Å². The van der Waals surface area contributed by atoms with Crippen molar-refractivity contribution in [2.45, 2.75) is 50.9 Å². The minimum atomic E-state index is -0.224. The van der Waals surface area contributed by atoms with Crippen molar-refractivity contribution in [2.24, 2.45) is 0 Å². The third-order valence-corrected chi connectivity index (χ3v) is 27.1. The summed E-state index contributed by atoms with van der Waals surface area (Å²) in [5, 5.41) is 0. The Hall–Kier alpha value is -16.1. The molecule has 0 saturated heterocycles. The smallest absolute Gasteiger partial charge is 0.0467 e. The van der Waals surface area contributed by atoms with E-state index in [1.807, 2.05) is 0 Å². The second-order valence-electron chi connectivity index (χ2n) is 35.5. The van der Waals surface area contributed by atoms with Gasteiger partial charge in [-0.3, -0.25) is 0 Å². The van der Waals surface area contributed by atoms with E-state index in [0.717, 1.165) is 102 Å². The third kappa shape index (κ3) is 15.1. The maximum atomic E-state index is 2.47. The molecule has 0 radical (unpaired) electrons. The van der Waals surface area contributed by atoms with E-state index in [1.54, 1.807) is 0 Å². The van der Waals surface area contributed by atoms with Crippen LogP contribution in [-0.4, -0.2) is 0 Å². The number of anilines is 11. The Morgan fingerprint density at radius 1 is 0.185 bits per heavy atom. The molecule has 0 aliphatic heterocycles. The van der Waals surface area contributed by atoms with Gasteiger partial charge in [-0.25, -0.2) is 0 Å². The summed E-state index contributed by atoms with van der Waals surface area (Å²) in [6.07, 6.45) is 8.03. The summed E-state index contributed by atoms with van der Waals surface area (Å²) in [4.78, 5) is 9.67. The van der Waals surface area contributed by atoms with Crippen molar-refractivity contribution in [3.8, 4) is 111 Å². The average Bonchev–Trinajstić information content (AvgIpc) is 1.58. The quantitative estimate of drug-likeness (QED) is 0.0711. The Morgan fingerprint density at radius 2 is 0.446 bits per heavy atom. The van der Waals surface area contributed by atoms with E-state index in [2.05, 4.69) is 539 Å². The number of rotatable bonds is 21. The van der Waals surface area contributed by atoms with Crippen LogP contribution in [0.1, 0.15) is 67.9 Å². The zero-order valence-corrected chi connectivity index (χ0v) is 73.3. The molecule has 4 heteroatoms. The van der Waals surface area contributed by atoms with E-state index in [-0.39, 0.29) is 16.7 Å². The Morgan fingerprint density at radius 3 is 0.831 bits per heavy atom. The van der Waals surface area contributed by atoms with E-state index in [0.29, 0.717) is 0 Å². The number of hydrogen-bond acceptors (Lipinski definition) is 4. The van der Waals surface area contributed by atoms with Crippen molar-refractivity contribution in [2.75, 3.05) is 19.6 Å². The summed E-state index contributed by atoms with van der Waals surface area (Å²) in [5.41, 5.74) is 43.2. The maximum Gasteiger partial charge on any atom is 0.0467 e. The molecule has 130 heavy (non-hydrogen) atoms. The zero-order valence-electron chi connectivity index (χ0n) is 73.3. The molecule has 19 aromatic rings. The maximum absolute atomic E-state index is 2.47. The van der Waals surface area contributed by atoms with Crippen LogP contribution in [0.3, 0.4) is 0 Å². The molecular formula is C126H96N4. The van der Waals surface area contributed by atoms with E-state index >= 15 is 0 Å². The molecule has 0 amide bonds. The van der Waals surface area contributed by atoms with Crippen molar-refractivity contribution in [1.29, 1.82) is 0 Å². The lowest BCUT2D eigenvalue weighted by atomic mass is 9.82. The highest BCUT2D eigenvalue weighted by atomic mass is 15.2.